The number of hydrogen-bond donors (Lipinski definition) is 1. The van der Waals surface area contributed by atoms with Gasteiger partial charge in [0.05, 0.1) is 19.3 Å². The van der Waals surface area contributed by atoms with Crippen LogP contribution in [-0.4, -0.2) is 6.54 Å². The SMILES string of the molecule is CCCNC(c1cccc(F)c1)c1ccc2c(c1)COC2. The van der Waals surface area contributed by atoms with E-state index in [1.54, 1.807) is 12.1 Å². The summed E-state index contributed by atoms with van der Waals surface area (Å²) in [5.74, 6) is -0.194. The summed E-state index contributed by atoms with van der Waals surface area (Å²) in [4.78, 5) is 0. The first-order chi connectivity index (χ1) is 10.3. The molecule has 2 nitrogen and oxygen atoms in total. The zero-order valence-corrected chi connectivity index (χ0v) is 12.2. The van der Waals surface area contributed by atoms with E-state index in [-0.39, 0.29) is 11.9 Å². The molecule has 0 aliphatic carbocycles. The molecule has 2 aromatic carbocycles. The molecule has 0 spiro atoms. The van der Waals surface area contributed by atoms with Crippen molar-refractivity contribution in [2.75, 3.05) is 6.54 Å². The van der Waals surface area contributed by atoms with Gasteiger partial charge in [0.1, 0.15) is 5.82 Å². The molecule has 0 aromatic heterocycles. The van der Waals surface area contributed by atoms with Crippen molar-refractivity contribution in [3.63, 3.8) is 0 Å². The fourth-order valence-corrected chi connectivity index (χ4v) is 2.77. The first kappa shape index (κ1) is 14.2. The smallest absolute Gasteiger partial charge is 0.123 e. The lowest BCUT2D eigenvalue weighted by atomic mass is 9.95. The number of fused-ring (bicyclic) bond motifs is 1. The first-order valence-corrected chi connectivity index (χ1v) is 7.46. The maximum absolute atomic E-state index is 13.5. The molecule has 3 heteroatoms. The van der Waals surface area contributed by atoms with Crippen LogP contribution in [0.2, 0.25) is 0 Å². The summed E-state index contributed by atoms with van der Waals surface area (Å²) in [7, 11) is 0. The maximum atomic E-state index is 13.5. The van der Waals surface area contributed by atoms with E-state index < -0.39 is 0 Å². The van der Waals surface area contributed by atoms with Crippen molar-refractivity contribution in [1.29, 1.82) is 0 Å². The van der Waals surface area contributed by atoms with Crippen LogP contribution >= 0.6 is 0 Å². The number of rotatable bonds is 5. The van der Waals surface area contributed by atoms with E-state index in [9.17, 15) is 4.39 Å². The normalized spacial score (nSPS) is 15.0. The van der Waals surface area contributed by atoms with E-state index in [0.717, 1.165) is 18.5 Å². The van der Waals surface area contributed by atoms with Crippen LogP contribution in [0.3, 0.4) is 0 Å². The van der Waals surface area contributed by atoms with Crippen molar-refractivity contribution >= 4 is 0 Å². The lowest BCUT2D eigenvalue weighted by molar-refractivity contribution is 0.134. The minimum atomic E-state index is -0.194. The Morgan fingerprint density at radius 1 is 1.10 bits per heavy atom. The Morgan fingerprint density at radius 3 is 2.71 bits per heavy atom. The second-order valence-corrected chi connectivity index (χ2v) is 5.46. The number of halogens is 1. The lowest BCUT2D eigenvalue weighted by Gasteiger charge is -2.20. The van der Waals surface area contributed by atoms with Gasteiger partial charge in [-0.2, -0.15) is 0 Å². The quantitative estimate of drug-likeness (QED) is 0.898. The first-order valence-electron chi connectivity index (χ1n) is 7.46. The molecular formula is C18H20FNO. The van der Waals surface area contributed by atoms with Crippen LogP contribution in [0, 0.1) is 5.82 Å². The molecule has 1 heterocycles. The van der Waals surface area contributed by atoms with E-state index in [4.69, 9.17) is 4.74 Å². The third-order valence-electron chi connectivity index (χ3n) is 3.86. The molecule has 0 radical (unpaired) electrons. The standard InChI is InChI=1S/C18H20FNO/c1-2-8-20-18(13-4-3-5-17(19)10-13)14-6-7-15-11-21-12-16(15)9-14/h3-7,9-10,18,20H,2,8,11-12H2,1H3. The van der Waals surface area contributed by atoms with Crippen LogP contribution in [0.15, 0.2) is 42.5 Å². The molecule has 0 amide bonds. The van der Waals surface area contributed by atoms with E-state index in [0.29, 0.717) is 13.2 Å². The molecule has 1 aliphatic heterocycles. The molecule has 21 heavy (non-hydrogen) atoms. The van der Waals surface area contributed by atoms with Crippen molar-refractivity contribution in [1.82, 2.24) is 5.32 Å². The number of ether oxygens (including phenoxy) is 1. The summed E-state index contributed by atoms with van der Waals surface area (Å²) in [6, 6.07) is 13.3. The largest absolute Gasteiger partial charge is 0.372 e. The molecule has 0 saturated carbocycles. The summed E-state index contributed by atoms with van der Waals surface area (Å²) in [6.07, 6.45) is 1.04. The Labute approximate surface area is 125 Å². The second kappa shape index (κ2) is 6.37. The van der Waals surface area contributed by atoms with Crippen molar-refractivity contribution < 1.29 is 9.13 Å². The molecule has 0 fully saturated rings. The van der Waals surface area contributed by atoms with E-state index in [2.05, 4.69) is 30.4 Å². The van der Waals surface area contributed by atoms with Crippen LogP contribution in [0.1, 0.15) is 41.6 Å². The van der Waals surface area contributed by atoms with Gasteiger partial charge in [-0.15, -0.1) is 0 Å². The number of benzene rings is 2. The van der Waals surface area contributed by atoms with Gasteiger partial charge in [-0.05, 0) is 47.4 Å². The highest BCUT2D eigenvalue weighted by molar-refractivity contribution is 5.39. The Morgan fingerprint density at radius 2 is 1.90 bits per heavy atom. The monoisotopic (exact) mass is 285 g/mol. The predicted molar refractivity (Wildman–Crippen MR) is 81.5 cm³/mol. The van der Waals surface area contributed by atoms with Gasteiger partial charge in [0.2, 0.25) is 0 Å². The lowest BCUT2D eigenvalue weighted by Crippen LogP contribution is -2.23. The molecule has 1 unspecified atom stereocenters. The number of nitrogens with one attached hydrogen (secondary N) is 1. The van der Waals surface area contributed by atoms with E-state index in [1.807, 2.05) is 6.07 Å². The molecule has 3 rings (SSSR count). The van der Waals surface area contributed by atoms with Crippen molar-refractivity contribution in [3.05, 3.63) is 70.5 Å². The van der Waals surface area contributed by atoms with Crippen molar-refractivity contribution in [3.8, 4) is 0 Å². The van der Waals surface area contributed by atoms with Gasteiger partial charge in [-0.25, -0.2) is 4.39 Å². The van der Waals surface area contributed by atoms with Gasteiger partial charge in [0, 0.05) is 0 Å². The van der Waals surface area contributed by atoms with Gasteiger partial charge >= 0.3 is 0 Å². The van der Waals surface area contributed by atoms with Gasteiger partial charge in [-0.1, -0.05) is 37.3 Å². The molecular weight excluding hydrogens is 265 g/mol. The van der Waals surface area contributed by atoms with Crippen LogP contribution in [0.4, 0.5) is 4.39 Å². The summed E-state index contributed by atoms with van der Waals surface area (Å²) < 4.78 is 19.0. The van der Waals surface area contributed by atoms with Gasteiger partial charge in [0.15, 0.2) is 0 Å². The highest BCUT2D eigenvalue weighted by Crippen LogP contribution is 2.28. The summed E-state index contributed by atoms with van der Waals surface area (Å²) >= 11 is 0. The minimum absolute atomic E-state index is 0.0200. The Kier molecular flexibility index (Phi) is 4.32. The van der Waals surface area contributed by atoms with Gasteiger partial charge in [-0.3, -0.25) is 0 Å². The van der Waals surface area contributed by atoms with Crippen LogP contribution in [0.5, 0.6) is 0 Å². The summed E-state index contributed by atoms with van der Waals surface area (Å²) in [5, 5.41) is 3.51. The molecule has 0 bridgehead atoms. The molecule has 0 saturated heterocycles. The van der Waals surface area contributed by atoms with Gasteiger partial charge < -0.3 is 10.1 Å². The van der Waals surface area contributed by atoms with Crippen molar-refractivity contribution in [2.45, 2.75) is 32.6 Å². The molecule has 1 atom stereocenters. The zero-order chi connectivity index (χ0) is 14.7. The fraction of sp³-hybridized carbons (Fsp3) is 0.333. The Balaban J connectivity index is 1.95. The average molecular weight is 285 g/mol. The fourth-order valence-electron chi connectivity index (χ4n) is 2.77. The van der Waals surface area contributed by atoms with Crippen molar-refractivity contribution in [2.24, 2.45) is 0 Å². The second-order valence-electron chi connectivity index (χ2n) is 5.46. The highest BCUT2D eigenvalue weighted by atomic mass is 19.1. The Hall–Kier alpha value is -1.71. The highest BCUT2D eigenvalue weighted by Gasteiger charge is 2.17. The van der Waals surface area contributed by atoms with Gasteiger partial charge in [0.25, 0.3) is 0 Å². The average Bonchev–Trinajstić information content (AvgIpc) is 2.95. The minimum Gasteiger partial charge on any atom is -0.372 e. The molecule has 1 aliphatic rings. The third-order valence-corrected chi connectivity index (χ3v) is 3.86. The maximum Gasteiger partial charge on any atom is 0.123 e. The summed E-state index contributed by atoms with van der Waals surface area (Å²) in [6.45, 7) is 4.40. The zero-order valence-electron chi connectivity index (χ0n) is 12.2. The predicted octanol–water partition coefficient (Wildman–Crippen LogP) is 3.94. The molecule has 2 aromatic rings. The van der Waals surface area contributed by atoms with Crippen LogP contribution in [0.25, 0.3) is 0 Å². The Bertz CT molecular complexity index is 626. The summed E-state index contributed by atoms with van der Waals surface area (Å²) in [5.41, 5.74) is 4.63. The van der Waals surface area contributed by atoms with E-state index >= 15 is 0 Å². The third kappa shape index (κ3) is 3.14. The van der Waals surface area contributed by atoms with Crippen LogP contribution < -0.4 is 5.32 Å². The molecule has 1 N–H and O–H groups in total. The van der Waals surface area contributed by atoms with Crippen LogP contribution in [-0.2, 0) is 18.0 Å². The molecule has 110 valence electrons. The van der Waals surface area contributed by atoms with E-state index in [1.165, 1.54) is 22.8 Å². The number of hydrogen-bond acceptors (Lipinski definition) is 2. The topological polar surface area (TPSA) is 21.3 Å².